The van der Waals surface area contributed by atoms with Gasteiger partial charge in [-0.1, -0.05) is 18.2 Å². The number of aromatic nitrogens is 2. The number of nitrogens with zero attached hydrogens (tertiary/aromatic N) is 4. The fourth-order valence-electron chi connectivity index (χ4n) is 2.80. The number of carbonyl (C=O) groups is 1. The molecule has 0 spiro atoms. The van der Waals surface area contributed by atoms with Crippen LogP contribution in [-0.2, 0) is 14.6 Å². The van der Waals surface area contributed by atoms with E-state index < -0.39 is 15.7 Å². The molecule has 1 aromatic heterocycles. The van der Waals surface area contributed by atoms with Gasteiger partial charge in [0.2, 0.25) is 5.91 Å². The van der Waals surface area contributed by atoms with Gasteiger partial charge in [0, 0.05) is 38.7 Å². The number of amides is 1. The Kier molecular flexibility index (Phi) is 6.02. The number of benzene rings is 1. The second-order valence-electron chi connectivity index (χ2n) is 6.48. The van der Waals surface area contributed by atoms with Crippen LogP contribution < -0.4 is 10.2 Å². The second kappa shape index (κ2) is 8.45. The lowest BCUT2D eigenvalue weighted by Crippen LogP contribution is -2.44. The average Bonchev–Trinajstić information content (AvgIpc) is 2.68. The molecule has 144 valence electrons. The number of nitrogens with one attached hydrogen (secondary N) is 1. The number of hydrogen-bond donors (Lipinski definition) is 1. The summed E-state index contributed by atoms with van der Waals surface area (Å²) in [7, 11) is -1.41. The SMILES string of the molecule is CN1CCN(c2cc(NC(=O)CCS(=O)(=O)c3ccccc3)ncn2)CC1. The van der Waals surface area contributed by atoms with Crippen molar-refractivity contribution in [3.8, 4) is 0 Å². The van der Waals surface area contributed by atoms with E-state index in [1.807, 2.05) is 0 Å². The topological polar surface area (TPSA) is 95.5 Å². The molecule has 1 amide bonds. The molecule has 0 bridgehead atoms. The summed E-state index contributed by atoms with van der Waals surface area (Å²) in [6.45, 7) is 3.61. The third-order valence-electron chi connectivity index (χ3n) is 4.45. The maximum absolute atomic E-state index is 12.3. The summed E-state index contributed by atoms with van der Waals surface area (Å²) in [4.78, 5) is 25.1. The average molecular weight is 389 g/mol. The van der Waals surface area contributed by atoms with Gasteiger partial charge in [0.05, 0.1) is 10.6 Å². The Labute approximate surface area is 159 Å². The van der Waals surface area contributed by atoms with Crippen molar-refractivity contribution < 1.29 is 13.2 Å². The fraction of sp³-hybridized carbons (Fsp3) is 0.389. The molecule has 1 aliphatic rings. The third kappa shape index (κ3) is 5.24. The largest absolute Gasteiger partial charge is 0.354 e. The molecular formula is C18H23N5O3S. The van der Waals surface area contributed by atoms with E-state index in [-0.39, 0.29) is 17.1 Å². The summed E-state index contributed by atoms with van der Waals surface area (Å²) in [5.41, 5.74) is 0. The van der Waals surface area contributed by atoms with Gasteiger partial charge in [-0.2, -0.15) is 0 Å². The molecule has 2 aromatic rings. The van der Waals surface area contributed by atoms with Crippen LogP contribution in [0.3, 0.4) is 0 Å². The Hall–Kier alpha value is -2.52. The molecule has 3 rings (SSSR count). The normalized spacial score (nSPS) is 15.5. The molecule has 0 radical (unpaired) electrons. The zero-order valence-corrected chi connectivity index (χ0v) is 16.0. The van der Waals surface area contributed by atoms with Crippen LogP contribution in [-0.4, -0.2) is 68.2 Å². The first-order valence-corrected chi connectivity index (χ1v) is 10.4. The minimum absolute atomic E-state index is 0.134. The summed E-state index contributed by atoms with van der Waals surface area (Å²) in [5.74, 6) is 0.489. The molecule has 27 heavy (non-hydrogen) atoms. The van der Waals surface area contributed by atoms with Gasteiger partial charge in [-0.05, 0) is 19.2 Å². The van der Waals surface area contributed by atoms with Crippen LogP contribution in [0.5, 0.6) is 0 Å². The number of hydrogen-bond acceptors (Lipinski definition) is 7. The molecule has 1 saturated heterocycles. The van der Waals surface area contributed by atoms with Crippen molar-refractivity contribution in [1.29, 1.82) is 0 Å². The maximum atomic E-state index is 12.3. The molecule has 2 heterocycles. The smallest absolute Gasteiger partial charge is 0.226 e. The molecule has 1 aromatic carbocycles. The third-order valence-corrected chi connectivity index (χ3v) is 6.18. The molecule has 1 N–H and O–H groups in total. The van der Waals surface area contributed by atoms with Crippen LogP contribution in [0, 0.1) is 0 Å². The molecule has 0 atom stereocenters. The second-order valence-corrected chi connectivity index (χ2v) is 8.59. The van der Waals surface area contributed by atoms with Crippen molar-refractivity contribution in [3.05, 3.63) is 42.7 Å². The van der Waals surface area contributed by atoms with Crippen molar-refractivity contribution in [1.82, 2.24) is 14.9 Å². The van der Waals surface area contributed by atoms with Gasteiger partial charge in [-0.25, -0.2) is 18.4 Å². The summed E-state index contributed by atoms with van der Waals surface area (Å²) in [6, 6.07) is 9.84. The molecule has 0 unspecified atom stereocenters. The first-order chi connectivity index (χ1) is 12.9. The highest BCUT2D eigenvalue weighted by molar-refractivity contribution is 7.91. The number of rotatable bonds is 6. The van der Waals surface area contributed by atoms with E-state index in [1.54, 1.807) is 24.3 Å². The van der Waals surface area contributed by atoms with Crippen molar-refractivity contribution in [2.45, 2.75) is 11.3 Å². The Balaban J connectivity index is 1.57. The van der Waals surface area contributed by atoms with Crippen molar-refractivity contribution >= 4 is 27.4 Å². The van der Waals surface area contributed by atoms with Crippen LogP contribution >= 0.6 is 0 Å². The van der Waals surface area contributed by atoms with Crippen molar-refractivity contribution in [2.75, 3.05) is 49.2 Å². The van der Waals surface area contributed by atoms with Gasteiger partial charge in [0.25, 0.3) is 0 Å². The van der Waals surface area contributed by atoms with E-state index in [9.17, 15) is 13.2 Å². The Morgan fingerprint density at radius 3 is 2.52 bits per heavy atom. The highest BCUT2D eigenvalue weighted by Gasteiger charge is 2.18. The van der Waals surface area contributed by atoms with Gasteiger partial charge in [-0.15, -0.1) is 0 Å². The summed E-state index contributed by atoms with van der Waals surface area (Å²) >= 11 is 0. The van der Waals surface area contributed by atoms with E-state index in [0.717, 1.165) is 32.0 Å². The Morgan fingerprint density at radius 1 is 1.11 bits per heavy atom. The molecule has 9 heteroatoms. The molecule has 0 aliphatic carbocycles. The van der Waals surface area contributed by atoms with E-state index in [4.69, 9.17) is 0 Å². The number of carbonyl (C=O) groups excluding carboxylic acids is 1. The van der Waals surface area contributed by atoms with Crippen molar-refractivity contribution in [2.24, 2.45) is 0 Å². The molecular weight excluding hydrogens is 366 g/mol. The predicted molar refractivity (Wildman–Crippen MR) is 103 cm³/mol. The number of sulfone groups is 1. The lowest BCUT2D eigenvalue weighted by atomic mass is 10.3. The first kappa shape index (κ1) is 19.2. The first-order valence-electron chi connectivity index (χ1n) is 8.77. The number of piperazine rings is 1. The van der Waals surface area contributed by atoms with E-state index in [0.29, 0.717) is 5.82 Å². The molecule has 0 saturated carbocycles. The van der Waals surface area contributed by atoms with Crippen LogP contribution in [0.4, 0.5) is 11.6 Å². The van der Waals surface area contributed by atoms with Crippen LogP contribution in [0.25, 0.3) is 0 Å². The molecule has 8 nitrogen and oxygen atoms in total. The number of anilines is 2. The zero-order chi connectivity index (χ0) is 19.3. The zero-order valence-electron chi connectivity index (χ0n) is 15.2. The lowest BCUT2D eigenvalue weighted by molar-refractivity contribution is -0.115. The van der Waals surface area contributed by atoms with E-state index >= 15 is 0 Å². The predicted octanol–water partition coefficient (Wildman–Crippen LogP) is 1.03. The monoisotopic (exact) mass is 389 g/mol. The van der Waals surface area contributed by atoms with Gasteiger partial charge < -0.3 is 15.1 Å². The fourth-order valence-corrected chi connectivity index (χ4v) is 4.06. The summed E-state index contributed by atoms with van der Waals surface area (Å²) in [5, 5.41) is 2.66. The lowest BCUT2D eigenvalue weighted by Gasteiger charge is -2.33. The molecule has 1 aliphatic heterocycles. The van der Waals surface area contributed by atoms with E-state index in [2.05, 4.69) is 32.1 Å². The maximum Gasteiger partial charge on any atom is 0.226 e. The Morgan fingerprint density at radius 2 is 1.81 bits per heavy atom. The number of likely N-dealkylation sites (N-methyl/N-ethyl adjacent to an activating group) is 1. The minimum atomic E-state index is -3.48. The highest BCUT2D eigenvalue weighted by Crippen LogP contribution is 2.16. The van der Waals surface area contributed by atoms with Gasteiger partial charge in [-0.3, -0.25) is 4.79 Å². The summed E-state index contributed by atoms with van der Waals surface area (Å²) in [6.07, 6.45) is 1.27. The highest BCUT2D eigenvalue weighted by atomic mass is 32.2. The molecule has 1 fully saturated rings. The summed E-state index contributed by atoms with van der Waals surface area (Å²) < 4.78 is 24.5. The van der Waals surface area contributed by atoms with Crippen LogP contribution in [0.15, 0.2) is 47.6 Å². The van der Waals surface area contributed by atoms with E-state index in [1.165, 1.54) is 18.5 Å². The minimum Gasteiger partial charge on any atom is -0.354 e. The van der Waals surface area contributed by atoms with Gasteiger partial charge in [0.1, 0.15) is 18.0 Å². The Bertz CT molecular complexity index is 881. The van der Waals surface area contributed by atoms with Crippen molar-refractivity contribution in [3.63, 3.8) is 0 Å². The van der Waals surface area contributed by atoms with Crippen LogP contribution in [0.1, 0.15) is 6.42 Å². The quantitative estimate of drug-likeness (QED) is 0.788. The van der Waals surface area contributed by atoms with Gasteiger partial charge in [0.15, 0.2) is 9.84 Å². The standard InChI is InChI=1S/C18H23N5O3S/c1-22-8-10-23(11-9-22)17-13-16(19-14-20-17)21-18(24)7-12-27(25,26)15-5-3-2-4-6-15/h2-6,13-14H,7-12H2,1H3,(H,19,20,21,24). The van der Waals surface area contributed by atoms with Gasteiger partial charge >= 0.3 is 0 Å². The van der Waals surface area contributed by atoms with Crippen LogP contribution in [0.2, 0.25) is 0 Å².